The Morgan fingerprint density at radius 1 is 1.00 bits per heavy atom. The first kappa shape index (κ1) is 21.7. The Balaban J connectivity index is 1.39. The quantitative estimate of drug-likeness (QED) is 0.733. The van der Waals surface area contributed by atoms with E-state index in [-0.39, 0.29) is 23.1 Å². The van der Waals surface area contributed by atoms with Crippen LogP contribution in [0.4, 0.5) is 11.4 Å². The fourth-order valence-corrected chi connectivity index (χ4v) is 6.18. The van der Waals surface area contributed by atoms with Gasteiger partial charge in [-0.1, -0.05) is 0 Å². The largest absolute Gasteiger partial charge is 0.486 e. The molecule has 0 bridgehead atoms. The van der Waals surface area contributed by atoms with Gasteiger partial charge in [0.25, 0.3) is 0 Å². The van der Waals surface area contributed by atoms with Gasteiger partial charge in [0.2, 0.25) is 21.8 Å². The second-order valence-electron chi connectivity index (χ2n) is 8.36. The molecule has 0 spiro atoms. The third-order valence-electron chi connectivity index (χ3n) is 6.19. The van der Waals surface area contributed by atoms with E-state index in [0.717, 1.165) is 12.8 Å². The number of benzene rings is 2. The molecule has 0 radical (unpaired) electrons. The summed E-state index contributed by atoms with van der Waals surface area (Å²) in [6.07, 6.45) is 1.93. The Hall–Kier alpha value is -3.11. The second-order valence-corrected chi connectivity index (χ2v) is 10.3. The van der Waals surface area contributed by atoms with Crippen molar-refractivity contribution in [2.45, 2.75) is 37.1 Å². The molecule has 2 aromatic rings. The van der Waals surface area contributed by atoms with Gasteiger partial charge in [0.05, 0.1) is 4.90 Å². The molecule has 1 atom stereocenters. The van der Waals surface area contributed by atoms with Crippen molar-refractivity contribution < 1.29 is 27.5 Å². The minimum absolute atomic E-state index is 0.194. The Kier molecular flexibility index (Phi) is 5.49. The average molecular weight is 472 g/mol. The minimum atomic E-state index is -3.59. The predicted octanol–water partition coefficient (Wildman–Crippen LogP) is 2.16. The number of hydrogen-bond donors (Lipinski definition) is 1. The van der Waals surface area contributed by atoms with Gasteiger partial charge in [0.1, 0.15) is 19.3 Å². The van der Waals surface area contributed by atoms with Crippen molar-refractivity contribution in [2.24, 2.45) is 0 Å². The molecule has 1 N–H and O–H groups in total. The van der Waals surface area contributed by atoms with E-state index in [1.54, 1.807) is 30.3 Å². The predicted molar refractivity (Wildman–Crippen MR) is 121 cm³/mol. The highest BCUT2D eigenvalue weighted by atomic mass is 32.2. The number of nitrogens with one attached hydrogen (secondary N) is 1. The number of carbonyl (C=O) groups is 2. The molecule has 2 amide bonds. The van der Waals surface area contributed by atoms with Crippen molar-refractivity contribution in [3.63, 3.8) is 0 Å². The molecule has 174 valence electrons. The number of sulfonamides is 1. The topological polar surface area (TPSA) is 105 Å². The highest BCUT2D eigenvalue weighted by Gasteiger charge is 2.38. The monoisotopic (exact) mass is 471 g/mol. The molecule has 33 heavy (non-hydrogen) atoms. The Morgan fingerprint density at radius 2 is 1.73 bits per heavy atom. The molecule has 1 fully saturated rings. The minimum Gasteiger partial charge on any atom is -0.486 e. The molecule has 9 nitrogen and oxygen atoms in total. The average Bonchev–Trinajstić information content (AvgIpc) is 3.47. The van der Waals surface area contributed by atoms with E-state index in [1.165, 1.54) is 22.2 Å². The van der Waals surface area contributed by atoms with Crippen molar-refractivity contribution in [2.75, 3.05) is 36.5 Å². The van der Waals surface area contributed by atoms with Crippen LogP contribution in [0.1, 0.15) is 25.3 Å². The Labute approximate surface area is 192 Å². The lowest BCUT2D eigenvalue weighted by Crippen LogP contribution is -2.44. The Bertz CT molecular complexity index is 1220. The first-order valence-corrected chi connectivity index (χ1v) is 12.4. The molecular formula is C23H25N3O6S. The zero-order valence-electron chi connectivity index (χ0n) is 18.2. The van der Waals surface area contributed by atoms with Crippen LogP contribution < -0.4 is 19.7 Å². The fraction of sp³-hybridized carbons (Fsp3) is 0.391. The molecule has 2 aromatic carbocycles. The van der Waals surface area contributed by atoms with Gasteiger partial charge in [-0.15, -0.1) is 0 Å². The molecule has 3 aliphatic heterocycles. The van der Waals surface area contributed by atoms with Gasteiger partial charge in [0, 0.05) is 43.9 Å². The number of fused-ring (bicyclic) bond motifs is 2. The molecule has 0 aromatic heterocycles. The van der Waals surface area contributed by atoms with Crippen molar-refractivity contribution in [3.05, 3.63) is 42.0 Å². The van der Waals surface area contributed by atoms with Crippen molar-refractivity contribution in [1.29, 1.82) is 0 Å². The highest BCUT2D eigenvalue weighted by Crippen LogP contribution is 2.37. The van der Waals surface area contributed by atoms with E-state index >= 15 is 0 Å². The summed E-state index contributed by atoms with van der Waals surface area (Å²) in [5, 5.41) is 2.85. The number of nitrogens with zero attached hydrogens (tertiary/aromatic N) is 2. The third-order valence-corrected chi connectivity index (χ3v) is 8.08. The lowest BCUT2D eigenvalue weighted by Gasteiger charge is -2.24. The molecule has 3 aliphatic rings. The number of rotatable bonds is 4. The summed E-state index contributed by atoms with van der Waals surface area (Å²) in [4.78, 5) is 27.2. The van der Waals surface area contributed by atoms with E-state index in [1.807, 2.05) is 0 Å². The smallest absolute Gasteiger partial charge is 0.247 e. The maximum absolute atomic E-state index is 13.2. The van der Waals surface area contributed by atoms with Crippen LogP contribution in [0.2, 0.25) is 0 Å². The van der Waals surface area contributed by atoms with Crippen LogP contribution in [0.15, 0.2) is 41.3 Å². The van der Waals surface area contributed by atoms with E-state index in [0.29, 0.717) is 54.7 Å². The van der Waals surface area contributed by atoms with Crippen LogP contribution in [0, 0.1) is 0 Å². The number of anilines is 2. The van der Waals surface area contributed by atoms with Crippen molar-refractivity contribution >= 4 is 33.2 Å². The van der Waals surface area contributed by atoms with Crippen LogP contribution >= 0.6 is 0 Å². The number of carbonyl (C=O) groups excluding carboxylic acids is 2. The van der Waals surface area contributed by atoms with Gasteiger partial charge in [-0.25, -0.2) is 8.42 Å². The summed E-state index contributed by atoms with van der Waals surface area (Å²) >= 11 is 0. The van der Waals surface area contributed by atoms with Crippen LogP contribution in [-0.4, -0.2) is 56.9 Å². The fourth-order valence-electron chi connectivity index (χ4n) is 4.61. The van der Waals surface area contributed by atoms with Gasteiger partial charge >= 0.3 is 0 Å². The van der Waals surface area contributed by atoms with Gasteiger partial charge in [-0.2, -0.15) is 4.31 Å². The van der Waals surface area contributed by atoms with Crippen LogP contribution in [-0.2, 0) is 26.0 Å². The van der Waals surface area contributed by atoms with Gasteiger partial charge in [0.15, 0.2) is 11.5 Å². The number of hydrogen-bond acceptors (Lipinski definition) is 6. The number of ether oxygens (including phenoxy) is 2. The molecular weight excluding hydrogens is 446 g/mol. The van der Waals surface area contributed by atoms with Crippen molar-refractivity contribution in [3.8, 4) is 11.5 Å². The third kappa shape index (κ3) is 3.93. The molecule has 0 unspecified atom stereocenters. The molecule has 0 aliphatic carbocycles. The van der Waals surface area contributed by atoms with Gasteiger partial charge in [-0.05, 0) is 48.7 Å². The first-order valence-electron chi connectivity index (χ1n) is 11.0. The van der Waals surface area contributed by atoms with E-state index in [2.05, 4.69) is 5.32 Å². The van der Waals surface area contributed by atoms with Crippen LogP contribution in [0.3, 0.4) is 0 Å². The van der Waals surface area contributed by atoms with E-state index in [9.17, 15) is 18.0 Å². The zero-order valence-corrected chi connectivity index (χ0v) is 19.1. The lowest BCUT2D eigenvalue weighted by atomic mass is 10.1. The number of amides is 2. The van der Waals surface area contributed by atoms with Gasteiger partial charge in [-0.3, -0.25) is 14.5 Å². The summed E-state index contributed by atoms with van der Waals surface area (Å²) in [5.41, 5.74) is 1.75. The maximum atomic E-state index is 13.2. The van der Waals surface area contributed by atoms with E-state index < -0.39 is 16.1 Å². The summed E-state index contributed by atoms with van der Waals surface area (Å²) in [6, 6.07) is 9.08. The molecule has 5 rings (SSSR count). The molecule has 1 saturated heterocycles. The van der Waals surface area contributed by atoms with E-state index in [4.69, 9.17) is 9.47 Å². The van der Waals surface area contributed by atoms with Crippen LogP contribution in [0.25, 0.3) is 0 Å². The summed E-state index contributed by atoms with van der Waals surface area (Å²) in [5.74, 6) is 0.520. The summed E-state index contributed by atoms with van der Waals surface area (Å²) in [7, 11) is -3.59. The zero-order chi connectivity index (χ0) is 23.2. The highest BCUT2D eigenvalue weighted by molar-refractivity contribution is 7.89. The van der Waals surface area contributed by atoms with Crippen molar-refractivity contribution in [1.82, 2.24) is 4.31 Å². The second kappa shape index (κ2) is 8.35. The summed E-state index contributed by atoms with van der Waals surface area (Å²) in [6.45, 7) is 3.33. The Morgan fingerprint density at radius 3 is 2.45 bits per heavy atom. The normalized spacial score (nSPS) is 19.9. The maximum Gasteiger partial charge on any atom is 0.247 e. The molecule has 3 heterocycles. The summed E-state index contributed by atoms with van der Waals surface area (Å²) < 4.78 is 38.5. The standard InChI is InChI=1S/C23H25N3O6S/c1-15(27)26-19-6-5-18(33(29,30)25-8-2-3-9-25)12-16(19)13-20(26)23(28)24-17-4-7-21-22(14-17)32-11-10-31-21/h4-7,12,14,20H,2-3,8-11,13H2,1H3,(H,24,28)/t20-/m0/s1. The van der Waals surface area contributed by atoms with Gasteiger partial charge < -0.3 is 14.8 Å². The SMILES string of the molecule is CC(=O)N1c2ccc(S(=O)(=O)N3CCCC3)cc2C[C@H]1C(=O)Nc1ccc2c(c1)OCCO2. The molecule has 0 saturated carbocycles. The first-order chi connectivity index (χ1) is 15.8. The van der Waals surface area contributed by atoms with Crippen LogP contribution in [0.5, 0.6) is 11.5 Å². The lowest BCUT2D eigenvalue weighted by molar-refractivity contribution is -0.122. The molecule has 10 heteroatoms.